The molecule has 1 aromatic carbocycles. The number of aromatic nitrogens is 1. The molecule has 1 amide bonds. The second-order valence-corrected chi connectivity index (χ2v) is 6.91. The molecule has 1 saturated heterocycles. The number of pyridine rings is 1. The van der Waals surface area contributed by atoms with Gasteiger partial charge in [0.25, 0.3) is 0 Å². The third kappa shape index (κ3) is 4.79. The average molecular weight is 384 g/mol. The van der Waals surface area contributed by atoms with Crippen LogP contribution in [0, 0.1) is 6.92 Å². The Morgan fingerprint density at radius 2 is 2.18 bits per heavy atom. The van der Waals surface area contributed by atoms with Crippen molar-refractivity contribution >= 4 is 5.91 Å². The van der Waals surface area contributed by atoms with Crippen LogP contribution in [0.3, 0.4) is 0 Å². The van der Waals surface area contributed by atoms with Gasteiger partial charge in [0.2, 0.25) is 5.91 Å². The molecule has 0 saturated carbocycles. The second-order valence-electron chi connectivity index (χ2n) is 6.91. The summed E-state index contributed by atoms with van der Waals surface area (Å²) in [5.41, 5.74) is 3.07. The van der Waals surface area contributed by atoms with Crippen LogP contribution in [0.15, 0.2) is 36.7 Å². The Morgan fingerprint density at radius 3 is 2.89 bits per heavy atom. The molecule has 1 aliphatic rings. The van der Waals surface area contributed by atoms with E-state index in [1.54, 1.807) is 26.6 Å². The summed E-state index contributed by atoms with van der Waals surface area (Å²) in [5.74, 6) is 1.66. The first kappa shape index (κ1) is 20.1. The van der Waals surface area contributed by atoms with Crippen molar-refractivity contribution < 1.29 is 14.3 Å². The zero-order valence-electron chi connectivity index (χ0n) is 16.7. The van der Waals surface area contributed by atoms with Crippen molar-refractivity contribution in [2.24, 2.45) is 0 Å². The molecule has 0 radical (unpaired) electrons. The van der Waals surface area contributed by atoms with E-state index in [1.165, 1.54) is 0 Å². The predicted octanol–water partition coefficient (Wildman–Crippen LogP) is 1.50. The van der Waals surface area contributed by atoms with Gasteiger partial charge in [0, 0.05) is 56.2 Å². The summed E-state index contributed by atoms with van der Waals surface area (Å²) in [6.45, 7) is 5.49. The molecule has 3 rings (SSSR count). The minimum absolute atomic E-state index is 0.00595. The minimum atomic E-state index is -0.240. The number of amides is 1. The third-order valence-corrected chi connectivity index (χ3v) is 5.02. The molecule has 1 aromatic heterocycles. The normalized spacial score (nSPS) is 17.2. The van der Waals surface area contributed by atoms with E-state index in [4.69, 9.17) is 9.47 Å². The molecule has 2 N–H and O–H groups in total. The summed E-state index contributed by atoms with van der Waals surface area (Å²) in [6, 6.07) is 7.58. The Hall–Kier alpha value is -2.64. The first-order valence-electron chi connectivity index (χ1n) is 9.45. The summed E-state index contributed by atoms with van der Waals surface area (Å²) in [7, 11) is 3.34. The molecular weight excluding hydrogens is 356 g/mol. The van der Waals surface area contributed by atoms with Crippen LogP contribution in [0.5, 0.6) is 11.5 Å². The molecule has 1 atom stereocenters. The molecule has 1 fully saturated rings. The Morgan fingerprint density at radius 1 is 1.32 bits per heavy atom. The molecule has 1 aliphatic heterocycles. The lowest BCUT2D eigenvalue weighted by atomic mass is 10.1. The number of carbonyl (C=O) groups excluding carboxylic acids is 1. The van der Waals surface area contributed by atoms with Gasteiger partial charge in [0.05, 0.1) is 20.3 Å². The van der Waals surface area contributed by atoms with Crippen molar-refractivity contribution in [3.63, 3.8) is 0 Å². The van der Waals surface area contributed by atoms with Gasteiger partial charge in [-0.15, -0.1) is 0 Å². The number of hydrogen-bond donors (Lipinski definition) is 2. The van der Waals surface area contributed by atoms with Gasteiger partial charge in [0.1, 0.15) is 11.5 Å². The molecule has 28 heavy (non-hydrogen) atoms. The largest absolute Gasteiger partial charge is 0.496 e. The van der Waals surface area contributed by atoms with Crippen LogP contribution in [0.25, 0.3) is 0 Å². The summed E-state index contributed by atoms with van der Waals surface area (Å²) in [6.07, 6.45) is 3.49. The van der Waals surface area contributed by atoms with E-state index in [9.17, 15) is 4.79 Å². The van der Waals surface area contributed by atoms with Gasteiger partial charge in [-0.05, 0) is 24.6 Å². The lowest BCUT2D eigenvalue weighted by molar-refractivity contribution is -0.124. The molecule has 0 spiro atoms. The Labute approximate surface area is 166 Å². The summed E-state index contributed by atoms with van der Waals surface area (Å²) < 4.78 is 11.0. The van der Waals surface area contributed by atoms with E-state index in [1.807, 2.05) is 31.2 Å². The number of piperazine rings is 1. The Balaban J connectivity index is 1.60. The van der Waals surface area contributed by atoms with E-state index in [0.29, 0.717) is 13.1 Å². The molecular formula is C21H28N4O3. The summed E-state index contributed by atoms with van der Waals surface area (Å²) in [4.78, 5) is 18.9. The van der Waals surface area contributed by atoms with Crippen LogP contribution in [-0.2, 0) is 17.9 Å². The van der Waals surface area contributed by atoms with Crippen molar-refractivity contribution in [3.8, 4) is 11.5 Å². The van der Waals surface area contributed by atoms with Crippen LogP contribution < -0.4 is 20.1 Å². The highest BCUT2D eigenvalue weighted by molar-refractivity contribution is 5.82. The molecule has 7 nitrogen and oxygen atoms in total. The van der Waals surface area contributed by atoms with Gasteiger partial charge in [-0.25, -0.2) is 0 Å². The van der Waals surface area contributed by atoms with Crippen molar-refractivity contribution in [1.82, 2.24) is 20.5 Å². The maximum atomic E-state index is 12.6. The van der Waals surface area contributed by atoms with E-state index >= 15 is 0 Å². The Bertz CT molecular complexity index is 798. The van der Waals surface area contributed by atoms with Crippen LogP contribution in [0.4, 0.5) is 0 Å². The standard InChI is InChI=1S/C21H28N4O3/c1-15-19(27-2)7-6-17(20(15)28-3)13-25-10-9-23-18(14-25)21(26)24-12-16-5-4-8-22-11-16/h4-8,11,18,23H,9-10,12-14H2,1-3H3,(H,24,26)/t18-/m0/s1. The van der Waals surface area contributed by atoms with Crippen molar-refractivity contribution in [2.45, 2.75) is 26.1 Å². The molecule has 0 unspecified atom stereocenters. The molecule has 7 heteroatoms. The predicted molar refractivity (Wildman–Crippen MR) is 107 cm³/mol. The van der Waals surface area contributed by atoms with Crippen LogP contribution in [0.2, 0.25) is 0 Å². The van der Waals surface area contributed by atoms with Crippen LogP contribution in [-0.4, -0.2) is 55.7 Å². The number of ether oxygens (including phenoxy) is 2. The number of rotatable bonds is 7. The highest BCUT2D eigenvalue weighted by Crippen LogP contribution is 2.32. The molecule has 0 bridgehead atoms. The van der Waals surface area contributed by atoms with Crippen molar-refractivity contribution in [1.29, 1.82) is 0 Å². The van der Waals surface area contributed by atoms with Crippen LogP contribution >= 0.6 is 0 Å². The quantitative estimate of drug-likeness (QED) is 0.754. The topological polar surface area (TPSA) is 75.7 Å². The van der Waals surface area contributed by atoms with Gasteiger partial charge in [-0.2, -0.15) is 0 Å². The first-order valence-corrected chi connectivity index (χ1v) is 9.45. The number of benzene rings is 1. The van der Waals surface area contributed by atoms with Gasteiger partial charge in [-0.1, -0.05) is 12.1 Å². The fourth-order valence-electron chi connectivity index (χ4n) is 3.55. The second kappa shape index (κ2) is 9.52. The number of hydrogen-bond acceptors (Lipinski definition) is 6. The van der Waals surface area contributed by atoms with Gasteiger partial charge < -0.3 is 20.1 Å². The zero-order chi connectivity index (χ0) is 19.9. The number of nitrogens with zero attached hydrogens (tertiary/aromatic N) is 2. The maximum Gasteiger partial charge on any atom is 0.238 e. The highest BCUT2D eigenvalue weighted by Gasteiger charge is 2.26. The highest BCUT2D eigenvalue weighted by atomic mass is 16.5. The van der Waals surface area contributed by atoms with Gasteiger partial charge in [0.15, 0.2) is 0 Å². The van der Waals surface area contributed by atoms with Crippen molar-refractivity contribution in [2.75, 3.05) is 33.9 Å². The lowest BCUT2D eigenvalue weighted by Gasteiger charge is -2.33. The minimum Gasteiger partial charge on any atom is -0.496 e. The monoisotopic (exact) mass is 384 g/mol. The molecule has 0 aliphatic carbocycles. The Kier molecular flexibility index (Phi) is 6.84. The molecule has 2 aromatic rings. The molecule has 150 valence electrons. The molecule has 2 heterocycles. The maximum absolute atomic E-state index is 12.6. The smallest absolute Gasteiger partial charge is 0.238 e. The lowest BCUT2D eigenvalue weighted by Crippen LogP contribution is -2.56. The van der Waals surface area contributed by atoms with Crippen LogP contribution in [0.1, 0.15) is 16.7 Å². The van der Waals surface area contributed by atoms with E-state index in [-0.39, 0.29) is 11.9 Å². The van der Waals surface area contributed by atoms with E-state index < -0.39 is 0 Å². The fourth-order valence-corrected chi connectivity index (χ4v) is 3.55. The average Bonchev–Trinajstić information content (AvgIpc) is 2.73. The fraction of sp³-hybridized carbons (Fsp3) is 0.429. The first-order chi connectivity index (χ1) is 13.6. The number of nitrogens with one attached hydrogen (secondary N) is 2. The van der Waals surface area contributed by atoms with Gasteiger partial charge >= 0.3 is 0 Å². The number of carbonyl (C=O) groups is 1. The zero-order valence-corrected chi connectivity index (χ0v) is 16.7. The summed E-state index contributed by atoms with van der Waals surface area (Å²) >= 11 is 0. The van der Waals surface area contributed by atoms with Crippen molar-refractivity contribution in [3.05, 3.63) is 53.3 Å². The third-order valence-electron chi connectivity index (χ3n) is 5.02. The van der Waals surface area contributed by atoms with Gasteiger partial charge in [-0.3, -0.25) is 14.7 Å². The SMILES string of the molecule is COc1ccc(CN2CCN[C@H](C(=O)NCc3cccnc3)C2)c(OC)c1C. The summed E-state index contributed by atoms with van der Waals surface area (Å²) in [5, 5.41) is 6.30. The van der Waals surface area contributed by atoms with E-state index in [2.05, 4.69) is 20.5 Å². The number of methoxy groups -OCH3 is 2. The van der Waals surface area contributed by atoms with E-state index in [0.717, 1.165) is 47.8 Å².